The van der Waals surface area contributed by atoms with Crippen LogP contribution in [0.5, 0.6) is 0 Å². The van der Waals surface area contributed by atoms with Crippen LogP contribution in [0.2, 0.25) is 5.02 Å². The second-order valence-electron chi connectivity index (χ2n) is 5.23. The molecule has 4 heteroatoms. The predicted molar refractivity (Wildman–Crippen MR) is 75.6 cm³/mol. The number of halogens is 3. The summed E-state index contributed by atoms with van der Waals surface area (Å²) in [6.45, 7) is 0. The van der Waals surface area contributed by atoms with Crippen LogP contribution in [-0.4, -0.2) is 0 Å². The van der Waals surface area contributed by atoms with Gasteiger partial charge in [-0.1, -0.05) is 41.9 Å². The standard InChI is InChI=1S/C16H14ClF2N/c17-13-8-15(19)14(18)7-12(13)16(20)11-6-10(11)9-4-2-1-3-5-9/h1-5,7-8,10-11,16H,6,20H2. The second-order valence-corrected chi connectivity index (χ2v) is 5.64. The lowest BCUT2D eigenvalue weighted by Crippen LogP contribution is -2.14. The maximum Gasteiger partial charge on any atom is 0.160 e. The summed E-state index contributed by atoms with van der Waals surface area (Å²) in [7, 11) is 0. The molecule has 1 saturated carbocycles. The van der Waals surface area contributed by atoms with Gasteiger partial charge in [-0.2, -0.15) is 0 Å². The first-order valence-corrected chi connectivity index (χ1v) is 6.90. The minimum Gasteiger partial charge on any atom is -0.324 e. The Bertz CT molecular complexity index is 630. The molecule has 0 spiro atoms. The van der Waals surface area contributed by atoms with E-state index < -0.39 is 11.6 Å². The highest BCUT2D eigenvalue weighted by molar-refractivity contribution is 6.31. The van der Waals surface area contributed by atoms with Crippen LogP contribution in [0.4, 0.5) is 8.78 Å². The Labute approximate surface area is 121 Å². The van der Waals surface area contributed by atoms with Crippen molar-refractivity contribution in [1.29, 1.82) is 0 Å². The molecular formula is C16H14ClF2N. The summed E-state index contributed by atoms with van der Waals surface area (Å²) in [5.74, 6) is -1.26. The number of benzene rings is 2. The Hall–Kier alpha value is -1.45. The Morgan fingerprint density at radius 1 is 1.10 bits per heavy atom. The first kappa shape index (κ1) is 13.5. The Balaban J connectivity index is 1.82. The largest absolute Gasteiger partial charge is 0.324 e. The van der Waals surface area contributed by atoms with E-state index in [0.717, 1.165) is 18.6 Å². The van der Waals surface area contributed by atoms with Gasteiger partial charge in [-0.05, 0) is 41.5 Å². The van der Waals surface area contributed by atoms with Crippen molar-refractivity contribution in [3.63, 3.8) is 0 Å². The van der Waals surface area contributed by atoms with Gasteiger partial charge in [0.1, 0.15) is 0 Å². The van der Waals surface area contributed by atoms with Gasteiger partial charge in [0.25, 0.3) is 0 Å². The first-order chi connectivity index (χ1) is 9.58. The van der Waals surface area contributed by atoms with Crippen molar-refractivity contribution in [3.05, 3.63) is 70.2 Å². The topological polar surface area (TPSA) is 26.0 Å². The molecule has 3 unspecified atom stereocenters. The van der Waals surface area contributed by atoms with Crippen LogP contribution in [0.3, 0.4) is 0 Å². The van der Waals surface area contributed by atoms with Crippen LogP contribution in [-0.2, 0) is 0 Å². The van der Waals surface area contributed by atoms with Crippen LogP contribution in [0.25, 0.3) is 0 Å². The third kappa shape index (κ3) is 2.43. The molecule has 2 N–H and O–H groups in total. The van der Waals surface area contributed by atoms with Crippen molar-refractivity contribution in [2.24, 2.45) is 11.7 Å². The molecule has 0 bridgehead atoms. The minimum absolute atomic E-state index is 0.190. The lowest BCUT2D eigenvalue weighted by atomic mass is 9.99. The van der Waals surface area contributed by atoms with Crippen LogP contribution in [0.15, 0.2) is 42.5 Å². The average molecular weight is 294 g/mol. The van der Waals surface area contributed by atoms with Gasteiger partial charge < -0.3 is 5.73 Å². The van der Waals surface area contributed by atoms with Crippen molar-refractivity contribution in [1.82, 2.24) is 0 Å². The molecule has 0 radical (unpaired) electrons. The fraction of sp³-hybridized carbons (Fsp3) is 0.250. The third-order valence-corrected chi connectivity index (χ3v) is 4.25. The summed E-state index contributed by atoms with van der Waals surface area (Å²) < 4.78 is 26.4. The lowest BCUT2D eigenvalue weighted by molar-refractivity contribution is 0.502. The SMILES string of the molecule is NC(c1cc(F)c(F)cc1Cl)C1CC1c1ccccc1. The molecule has 1 aliphatic carbocycles. The Morgan fingerprint density at radius 2 is 1.75 bits per heavy atom. The van der Waals surface area contributed by atoms with E-state index >= 15 is 0 Å². The van der Waals surface area contributed by atoms with E-state index in [-0.39, 0.29) is 17.0 Å². The summed E-state index contributed by atoms with van der Waals surface area (Å²) in [4.78, 5) is 0. The van der Waals surface area contributed by atoms with E-state index in [1.54, 1.807) is 0 Å². The minimum atomic E-state index is -0.943. The summed E-state index contributed by atoms with van der Waals surface area (Å²) in [6, 6.07) is 11.8. The molecule has 20 heavy (non-hydrogen) atoms. The van der Waals surface area contributed by atoms with E-state index in [2.05, 4.69) is 12.1 Å². The monoisotopic (exact) mass is 293 g/mol. The van der Waals surface area contributed by atoms with Crippen LogP contribution in [0.1, 0.15) is 29.5 Å². The van der Waals surface area contributed by atoms with Crippen molar-refractivity contribution < 1.29 is 8.78 Å². The van der Waals surface area contributed by atoms with Crippen molar-refractivity contribution >= 4 is 11.6 Å². The molecule has 1 nitrogen and oxygen atoms in total. The Kier molecular flexibility index (Phi) is 3.48. The van der Waals surface area contributed by atoms with Gasteiger partial charge in [-0.25, -0.2) is 8.78 Å². The molecule has 2 aromatic carbocycles. The maximum absolute atomic E-state index is 13.3. The molecule has 104 valence electrons. The molecule has 1 aliphatic rings. The molecule has 3 atom stereocenters. The molecule has 2 aromatic rings. The summed E-state index contributed by atoms with van der Waals surface area (Å²) in [5, 5.41) is 0.190. The third-order valence-electron chi connectivity index (χ3n) is 3.93. The molecule has 0 amide bonds. The molecule has 0 aromatic heterocycles. The van der Waals surface area contributed by atoms with Crippen LogP contribution >= 0.6 is 11.6 Å². The van der Waals surface area contributed by atoms with Crippen LogP contribution in [0, 0.1) is 17.6 Å². The van der Waals surface area contributed by atoms with Gasteiger partial charge in [-0.15, -0.1) is 0 Å². The van der Waals surface area contributed by atoms with Gasteiger partial charge in [0.2, 0.25) is 0 Å². The van der Waals surface area contributed by atoms with Gasteiger partial charge in [0.05, 0.1) is 0 Å². The molecule has 0 heterocycles. The molecule has 3 rings (SSSR count). The summed E-state index contributed by atoms with van der Waals surface area (Å²) >= 11 is 5.98. The van der Waals surface area contributed by atoms with Crippen molar-refractivity contribution in [2.75, 3.05) is 0 Å². The highest BCUT2D eigenvalue weighted by Gasteiger charge is 2.43. The highest BCUT2D eigenvalue weighted by Crippen LogP contribution is 2.53. The number of hydrogen-bond donors (Lipinski definition) is 1. The smallest absolute Gasteiger partial charge is 0.160 e. The summed E-state index contributed by atoms with van der Waals surface area (Å²) in [6.07, 6.45) is 0.945. The zero-order valence-electron chi connectivity index (χ0n) is 10.7. The van der Waals surface area contributed by atoms with E-state index in [4.69, 9.17) is 17.3 Å². The summed E-state index contributed by atoms with van der Waals surface area (Å²) in [5.41, 5.74) is 7.88. The normalized spacial score (nSPS) is 22.6. The van der Waals surface area contributed by atoms with E-state index in [0.29, 0.717) is 11.5 Å². The molecule has 1 fully saturated rings. The first-order valence-electron chi connectivity index (χ1n) is 6.53. The van der Waals surface area contributed by atoms with E-state index in [1.807, 2.05) is 18.2 Å². The van der Waals surface area contributed by atoms with E-state index in [1.165, 1.54) is 5.56 Å². The van der Waals surface area contributed by atoms with Gasteiger partial charge >= 0.3 is 0 Å². The fourth-order valence-electron chi connectivity index (χ4n) is 2.72. The highest BCUT2D eigenvalue weighted by atomic mass is 35.5. The molecule has 0 aliphatic heterocycles. The average Bonchev–Trinajstić information content (AvgIpc) is 3.23. The fourth-order valence-corrected chi connectivity index (χ4v) is 3.00. The molecular weight excluding hydrogens is 280 g/mol. The van der Waals surface area contributed by atoms with Crippen molar-refractivity contribution in [3.8, 4) is 0 Å². The zero-order chi connectivity index (χ0) is 14.3. The number of rotatable bonds is 3. The van der Waals surface area contributed by atoms with Gasteiger partial charge in [-0.3, -0.25) is 0 Å². The Morgan fingerprint density at radius 3 is 2.45 bits per heavy atom. The zero-order valence-corrected chi connectivity index (χ0v) is 11.4. The maximum atomic E-state index is 13.3. The lowest BCUT2D eigenvalue weighted by Gasteiger charge is -2.14. The number of hydrogen-bond acceptors (Lipinski definition) is 1. The van der Waals surface area contributed by atoms with Gasteiger partial charge in [0, 0.05) is 11.1 Å². The van der Waals surface area contributed by atoms with E-state index in [9.17, 15) is 8.78 Å². The number of nitrogens with two attached hydrogens (primary N) is 1. The molecule has 0 saturated heterocycles. The second kappa shape index (κ2) is 5.15. The van der Waals surface area contributed by atoms with Gasteiger partial charge in [0.15, 0.2) is 11.6 Å². The van der Waals surface area contributed by atoms with Crippen LogP contribution < -0.4 is 5.73 Å². The van der Waals surface area contributed by atoms with Crippen molar-refractivity contribution in [2.45, 2.75) is 18.4 Å². The predicted octanol–water partition coefficient (Wildman–Crippen LogP) is 4.42. The quantitative estimate of drug-likeness (QED) is 0.833.